The maximum atomic E-state index is 13.0. The van der Waals surface area contributed by atoms with Gasteiger partial charge in [-0.1, -0.05) is 48.5 Å². The molecule has 0 saturated carbocycles. The first-order valence-electron chi connectivity index (χ1n) is 10.2. The lowest BCUT2D eigenvalue weighted by molar-refractivity contribution is -0.384. The van der Waals surface area contributed by atoms with Crippen molar-refractivity contribution in [3.05, 3.63) is 111 Å². The molecule has 1 fully saturated rings. The topological polar surface area (TPSA) is 85.5 Å². The Kier molecular flexibility index (Phi) is 5.27. The van der Waals surface area contributed by atoms with Gasteiger partial charge in [0.1, 0.15) is 0 Å². The molecule has 2 heterocycles. The van der Waals surface area contributed by atoms with Gasteiger partial charge in [-0.2, -0.15) is 0 Å². The molecule has 0 atom stereocenters. The molecule has 0 unspecified atom stereocenters. The van der Waals surface area contributed by atoms with E-state index >= 15 is 0 Å². The second kappa shape index (κ2) is 8.40. The predicted molar refractivity (Wildman–Crippen MR) is 129 cm³/mol. The number of hydrogen-bond acceptors (Lipinski definition) is 5. The number of aromatic nitrogens is 1. The number of nitro groups is 1. The first-order chi connectivity index (χ1) is 16.0. The molecule has 4 aromatic rings. The van der Waals surface area contributed by atoms with Crippen molar-refractivity contribution in [2.75, 3.05) is 4.90 Å². The Morgan fingerprint density at radius 2 is 1.70 bits per heavy atom. The number of anilines is 1. The average Bonchev–Trinajstić information content (AvgIpc) is 3.31. The molecule has 1 saturated heterocycles. The molecular formula is C25H17N3O4S. The summed E-state index contributed by atoms with van der Waals surface area (Å²) < 4.78 is 1.99. The van der Waals surface area contributed by atoms with E-state index in [-0.39, 0.29) is 16.8 Å². The van der Waals surface area contributed by atoms with Crippen LogP contribution in [0.4, 0.5) is 16.2 Å². The summed E-state index contributed by atoms with van der Waals surface area (Å²) in [6.45, 7) is 0.432. The lowest BCUT2D eigenvalue weighted by Gasteiger charge is -2.11. The monoisotopic (exact) mass is 455 g/mol. The van der Waals surface area contributed by atoms with Gasteiger partial charge in [0.25, 0.3) is 16.8 Å². The number of carbonyl (C=O) groups excluding carboxylic acids is 2. The number of nitro benzene ring substituents is 1. The molecule has 1 aliphatic heterocycles. The van der Waals surface area contributed by atoms with Gasteiger partial charge in [0.2, 0.25) is 0 Å². The number of amides is 2. The minimum atomic E-state index is -0.411. The zero-order valence-corrected chi connectivity index (χ0v) is 18.1. The molecule has 3 aromatic carbocycles. The smallest absolute Gasteiger partial charge is 0.298 e. The highest BCUT2D eigenvalue weighted by Crippen LogP contribution is 2.37. The summed E-state index contributed by atoms with van der Waals surface area (Å²) in [4.78, 5) is 37.8. The fourth-order valence-corrected chi connectivity index (χ4v) is 4.73. The van der Waals surface area contributed by atoms with Gasteiger partial charge in [-0.3, -0.25) is 19.7 Å². The van der Waals surface area contributed by atoms with Crippen LogP contribution in [0, 0.1) is 10.1 Å². The first kappa shape index (κ1) is 20.7. The summed E-state index contributed by atoms with van der Waals surface area (Å²) in [5.74, 6) is -0.355. The highest BCUT2D eigenvalue weighted by molar-refractivity contribution is 8.19. The van der Waals surface area contributed by atoms with E-state index in [9.17, 15) is 19.7 Å². The number of imide groups is 1. The molecule has 7 nitrogen and oxygen atoms in total. The fraction of sp³-hybridized carbons (Fsp3) is 0.0400. The third-order valence-electron chi connectivity index (χ3n) is 5.39. The Labute approximate surface area is 193 Å². The normalized spacial score (nSPS) is 15.0. The number of benzene rings is 3. The van der Waals surface area contributed by atoms with E-state index in [0.29, 0.717) is 17.1 Å². The third-order valence-corrected chi connectivity index (χ3v) is 6.26. The number of thioether (sulfide) groups is 1. The Hall–Kier alpha value is -4.17. The largest absolute Gasteiger partial charge is 0.342 e. The van der Waals surface area contributed by atoms with Crippen molar-refractivity contribution < 1.29 is 14.5 Å². The minimum absolute atomic E-state index is 0.0405. The molecule has 0 bridgehead atoms. The van der Waals surface area contributed by atoms with Crippen molar-refractivity contribution in [2.45, 2.75) is 6.54 Å². The molecule has 1 aromatic heterocycles. The van der Waals surface area contributed by atoms with Crippen molar-refractivity contribution in [1.82, 2.24) is 4.57 Å². The summed E-state index contributed by atoms with van der Waals surface area (Å²) in [7, 11) is 0. The number of para-hydroxylation sites is 2. The summed E-state index contributed by atoms with van der Waals surface area (Å²) in [6.07, 6.45) is 3.64. The van der Waals surface area contributed by atoms with Crippen molar-refractivity contribution in [1.29, 1.82) is 0 Å². The van der Waals surface area contributed by atoms with E-state index in [2.05, 4.69) is 0 Å². The van der Waals surface area contributed by atoms with Gasteiger partial charge >= 0.3 is 0 Å². The van der Waals surface area contributed by atoms with Gasteiger partial charge in [0.05, 0.1) is 15.5 Å². The lowest BCUT2D eigenvalue weighted by atomic mass is 10.1. The van der Waals surface area contributed by atoms with Gasteiger partial charge < -0.3 is 4.57 Å². The van der Waals surface area contributed by atoms with Crippen LogP contribution in [0.1, 0.15) is 11.1 Å². The second-order valence-electron chi connectivity index (χ2n) is 7.51. The molecule has 0 N–H and O–H groups in total. The van der Waals surface area contributed by atoms with Crippen molar-refractivity contribution >= 4 is 51.3 Å². The van der Waals surface area contributed by atoms with Crippen molar-refractivity contribution in [3.63, 3.8) is 0 Å². The molecule has 2 amide bonds. The number of rotatable bonds is 5. The Morgan fingerprint density at radius 3 is 2.48 bits per heavy atom. The maximum Gasteiger partial charge on any atom is 0.298 e. The maximum absolute atomic E-state index is 13.0. The summed E-state index contributed by atoms with van der Waals surface area (Å²) >= 11 is 0.913. The van der Waals surface area contributed by atoms with E-state index < -0.39 is 4.92 Å². The quantitative estimate of drug-likeness (QED) is 0.214. The van der Waals surface area contributed by atoms with Crippen LogP contribution in [0.2, 0.25) is 0 Å². The molecule has 1 aliphatic rings. The van der Waals surface area contributed by atoms with Crippen LogP contribution in [-0.4, -0.2) is 20.6 Å². The second-order valence-corrected chi connectivity index (χ2v) is 8.50. The van der Waals surface area contributed by atoms with Gasteiger partial charge in [-0.25, -0.2) is 4.90 Å². The number of fused-ring (bicyclic) bond motifs is 1. The fourth-order valence-electron chi connectivity index (χ4n) is 3.89. The van der Waals surface area contributed by atoms with Crippen LogP contribution < -0.4 is 4.90 Å². The molecule has 5 rings (SSSR count). The van der Waals surface area contributed by atoms with Crippen LogP contribution in [0.5, 0.6) is 0 Å². The van der Waals surface area contributed by atoms with Crippen LogP contribution >= 0.6 is 11.8 Å². The summed E-state index contributed by atoms with van der Waals surface area (Å²) in [5, 5.41) is 11.7. The Balaban J connectivity index is 1.52. The molecule has 8 heteroatoms. The zero-order valence-electron chi connectivity index (χ0n) is 17.3. The van der Waals surface area contributed by atoms with E-state index in [4.69, 9.17) is 0 Å². The number of nitrogens with zero attached hydrogens (tertiary/aromatic N) is 3. The lowest BCUT2D eigenvalue weighted by Crippen LogP contribution is -2.27. The van der Waals surface area contributed by atoms with Gasteiger partial charge in [0, 0.05) is 41.3 Å². The van der Waals surface area contributed by atoms with Crippen molar-refractivity contribution in [3.8, 4) is 0 Å². The van der Waals surface area contributed by atoms with E-state index in [0.717, 1.165) is 33.8 Å². The van der Waals surface area contributed by atoms with Crippen LogP contribution in [0.25, 0.3) is 17.0 Å². The standard InChI is InChI=1S/C25H17N3O4S/c29-24-23(33-25(30)27(24)19-8-2-1-3-9-19)14-18-16-26(22-12-5-4-11-21(18)22)15-17-7-6-10-20(13-17)28(31)32/h1-14,16H,15H2/b23-14-. The highest BCUT2D eigenvalue weighted by atomic mass is 32.2. The summed E-state index contributed by atoms with van der Waals surface area (Å²) in [6, 6.07) is 23.1. The van der Waals surface area contributed by atoms with E-state index in [1.807, 2.05) is 47.2 Å². The number of carbonyl (C=O) groups is 2. The molecular weight excluding hydrogens is 438 g/mol. The van der Waals surface area contributed by atoms with Crippen LogP contribution in [0.15, 0.2) is 90.0 Å². The molecule has 0 aliphatic carbocycles. The molecule has 33 heavy (non-hydrogen) atoms. The van der Waals surface area contributed by atoms with Gasteiger partial charge in [-0.15, -0.1) is 0 Å². The van der Waals surface area contributed by atoms with E-state index in [1.54, 1.807) is 42.5 Å². The molecule has 0 spiro atoms. The number of non-ortho nitro benzene ring substituents is 1. The molecule has 162 valence electrons. The van der Waals surface area contributed by atoms with Gasteiger partial charge in [0.15, 0.2) is 0 Å². The minimum Gasteiger partial charge on any atom is -0.342 e. The Bertz CT molecular complexity index is 1440. The molecule has 0 radical (unpaired) electrons. The van der Waals surface area contributed by atoms with Crippen LogP contribution in [-0.2, 0) is 11.3 Å². The Morgan fingerprint density at radius 1 is 0.939 bits per heavy atom. The third kappa shape index (κ3) is 3.92. The summed E-state index contributed by atoms with van der Waals surface area (Å²) in [5.41, 5.74) is 3.10. The number of hydrogen-bond donors (Lipinski definition) is 0. The average molecular weight is 455 g/mol. The van der Waals surface area contributed by atoms with E-state index in [1.165, 1.54) is 11.0 Å². The SMILES string of the molecule is O=C1S/C(=C\c2cn(Cc3cccc([N+](=O)[O-])c3)c3ccccc23)C(=O)N1c1ccccc1. The van der Waals surface area contributed by atoms with Crippen molar-refractivity contribution in [2.24, 2.45) is 0 Å². The zero-order chi connectivity index (χ0) is 22.9. The van der Waals surface area contributed by atoms with Crippen LogP contribution in [0.3, 0.4) is 0 Å². The van der Waals surface area contributed by atoms with Gasteiger partial charge in [-0.05, 0) is 41.6 Å². The highest BCUT2D eigenvalue weighted by Gasteiger charge is 2.36. The first-order valence-corrected chi connectivity index (χ1v) is 11.0. The predicted octanol–water partition coefficient (Wildman–Crippen LogP) is 5.84.